The van der Waals surface area contributed by atoms with Crippen LogP contribution in [-0.2, 0) is 0 Å². The maximum atomic E-state index is 10.8. The van der Waals surface area contributed by atoms with Crippen molar-refractivity contribution >= 4 is 17.6 Å². The van der Waals surface area contributed by atoms with E-state index >= 15 is 0 Å². The van der Waals surface area contributed by atoms with Crippen molar-refractivity contribution in [1.29, 1.82) is 0 Å². The van der Waals surface area contributed by atoms with Crippen LogP contribution in [0.5, 0.6) is 5.75 Å². The number of phenols is 1. The normalized spacial score (nSPS) is 10.7. The Labute approximate surface area is 103 Å². The molecule has 0 unspecified atom stereocenters. The zero-order valence-corrected chi connectivity index (χ0v) is 9.35. The Balaban J connectivity index is 2.29. The van der Waals surface area contributed by atoms with Gasteiger partial charge in [-0.2, -0.15) is 0 Å². The van der Waals surface area contributed by atoms with Gasteiger partial charge >= 0.3 is 0 Å². The summed E-state index contributed by atoms with van der Waals surface area (Å²) in [7, 11) is 0. The minimum absolute atomic E-state index is 0.0347. The molecule has 0 radical (unpaired) electrons. The van der Waals surface area contributed by atoms with Crippen molar-refractivity contribution < 1.29 is 10.0 Å². The molecule has 0 spiro atoms. The lowest BCUT2D eigenvalue weighted by Crippen LogP contribution is -1.88. The van der Waals surface area contributed by atoms with Crippen molar-refractivity contribution in [2.75, 3.05) is 0 Å². The molecular formula is C13H10N2O3. The number of rotatable bonds is 3. The van der Waals surface area contributed by atoms with Crippen LogP contribution in [0.3, 0.4) is 0 Å². The molecular weight excluding hydrogens is 232 g/mol. The molecule has 18 heavy (non-hydrogen) atoms. The average molecular weight is 242 g/mol. The van der Waals surface area contributed by atoms with Crippen LogP contribution in [0.25, 0.3) is 0 Å². The van der Waals surface area contributed by atoms with E-state index in [0.717, 1.165) is 5.56 Å². The van der Waals surface area contributed by atoms with Gasteiger partial charge in [0.1, 0.15) is 11.4 Å². The van der Waals surface area contributed by atoms with E-state index in [1.54, 1.807) is 30.3 Å². The molecule has 90 valence electrons. The molecule has 2 rings (SSSR count). The fourth-order valence-corrected chi connectivity index (χ4v) is 1.43. The molecule has 0 heterocycles. The molecule has 5 nitrogen and oxygen atoms in total. The van der Waals surface area contributed by atoms with Crippen LogP contribution in [-0.4, -0.2) is 16.2 Å². The predicted molar refractivity (Wildman–Crippen MR) is 68.5 cm³/mol. The van der Waals surface area contributed by atoms with E-state index in [9.17, 15) is 10.1 Å². The van der Waals surface area contributed by atoms with Crippen LogP contribution in [0.15, 0.2) is 53.5 Å². The summed E-state index contributed by atoms with van der Waals surface area (Å²) in [5.41, 5.74) is 1.02. The van der Waals surface area contributed by atoms with Crippen molar-refractivity contribution in [3.05, 3.63) is 64.2 Å². The van der Waals surface area contributed by atoms with Gasteiger partial charge in [0, 0.05) is 12.3 Å². The molecule has 0 aliphatic carbocycles. The van der Waals surface area contributed by atoms with Gasteiger partial charge in [0.15, 0.2) is 0 Å². The number of aromatic hydroxyl groups is 1. The third kappa shape index (κ3) is 2.70. The van der Waals surface area contributed by atoms with Gasteiger partial charge in [-0.3, -0.25) is 10.1 Å². The summed E-state index contributed by atoms with van der Waals surface area (Å²) in [4.78, 5) is 14.4. The molecule has 0 bridgehead atoms. The third-order valence-corrected chi connectivity index (χ3v) is 2.32. The second-order valence-electron chi connectivity index (χ2n) is 3.60. The number of benzene rings is 2. The van der Waals surface area contributed by atoms with E-state index in [4.69, 9.17) is 5.11 Å². The number of hydrogen-bond donors (Lipinski definition) is 1. The molecule has 2 aromatic carbocycles. The fourth-order valence-electron chi connectivity index (χ4n) is 1.43. The van der Waals surface area contributed by atoms with Crippen LogP contribution in [0.4, 0.5) is 11.4 Å². The molecule has 1 N–H and O–H groups in total. The van der Waals surface area contributed by atoms with Crippen molar-refractivity contribution in [1.82, 2.24) is 0 Å². The summed E-state index contributed by atoms with van der Waals surface area (Å²) in [6.07, 6.45) is 1.52. The van der Waals surface area contributed by atoms with Crippen LogP contribution < -0.4 is 0 Å². The second-order valence-corrected chi connectivity index (χ2v) is 3.60. The summed E-state index contributed by atoms with van der Waals surface area (Å²) in [6.45, 7) is 0. The number of aliphatic imine (C=N–C) groups is 1. The maximum absolute atomic E-state index is 10.8. The second kappa shape index (κ2) is 5.09. The number of para-hydroxylation sites is 2. The zero-order valence-electron chi connectivity index (χ0n) is 9.35. The molecule has 0 saturated carbocycles. The van der Waals surface area contributed by atoms with Gasteiger partial charge in [0.05, 0.1) is 4.92 Å². The van der Waals surface area contributed by atoms with Crippen molar-refractivity contribution in [3.8, 4) is 5.75 Å². The molecule has 0 saturated heterocycles. The monoisotopic (exact) mass is 242 g/mol. The molecule has 0 atom stereocenters. The quantitative estimate of drug-likeness (QED) is 0.510. The van der Waals surface area contributed by atoms with E-state index in [0.29, 0.717) is 5.69 Å². The van der Waals surface area contributed by atoms with Crippen LogP contribution >= 0.6 is 0 Å². The molecule has 0 aliphatic heterocycles. The first kappa shape index (κ1) is 11.8. The SMILES string of the molecule is O=[N+]([O-])c1ccccc1N=Cc1ccc(O)cc1. The molecule has 2 aromatic rings. The van der Waals surface area contributed by atoms with Crippen LogP contribution in [0, 0.1) is 10.1 Å². The predicted octanol–water partition coefficient (Wildman–Crippen LogP) is 3.05. The number of phenolic OH excluding ortho intramolecular Hbond substituents is 1. The molecule has 5 heteroatoms. The Kier molecular flexibility index (Phi) is 3.33. The summed E-state index contributed by atoms with van der Waals surface area (Å²) in [5, 5.41) is 19.9. The van der Waals surface area contributed by atoms with E-state index < -0.39 is 4.92 Å². The lowest BCUT2D eigenvalue weighted by Gasteiger charge is -1.97. The molecule has 0 aliphatic rings. The summed E-state index contributed by atoms with van der Waals surface area (Å²) >= 11 is 0. The van der Waals surface area contributed by atoms with Crippen molar-refractivity contribution in [2.45, 2.75) is 0 Å². The number of nitrogens with zero attached hydrogens (tertiary/aromatic N) is 2. The lowest BCUT2D eigenvalue weighted by molar-refractivity contribution is -0.384. The maximum Gasteiger partial charge on any atom is 0.294 e. The Morgan fingerprint density at radius 2 is 1.78 bits per heavy atom. The van der Waals surface area contributed by atoms with Crippen molar-refractivity contribution in [2.24, 2.45) is 4.99 Å². The Morgan fingerprint density at radius 3 is 2.44 bits per heavy atom. The highest BCUT2D eigenvalue weighted by atomic mass is 16.6. The molecule has 0 fully saturated rings. The minimum Gasteiger partial charge on any atom is -0.508 e. The Bertz CT molecular complexity index is 591. The van der Waals surface area contributed by atoms with Gasteiger partial charge in [0.25, 0.3) is 5.69 Å². The number of nitro groups is 1. The van der Waals surface area contributed by atoms with E-state index in [1.165, 1.54) is 24.4 Å². The Morgan fingerprint density at radius 1 is 1.11 bits per heavy atom. The average Bonchev–Trinajstić information content (AvgIpc) is 2.38. The summed E-state index contributed by atoms with van der Waals surface area (Å²) in [6, 6.07) is 12.7. The number of nitro benzene ring substituents is 1. The third-order valence-electron chi connectivity index (χ3n) is 2.32. The van der Waals surface area contributed by atoms with Gasteiger partial charge in [-0.25, -0.2) is 4.99 Å². The van der Waals surface area contributed by atoms with E-state index in [2.05, 4.69) is 4.99 Å². The van der Waals surface area contributed by atoms with Gasteiger partial charge in [-0.05, 0) is 35.9 Å². The summed E-state index contributed by atoms with van der Waals surface area (Å²) < 4.78 is 0. The van der Waals surface area contributed by atoms with Crippen molar-refractivity contribution in [3.63, 3.8) is 0 Å². The minimum atomic E-state index is -0.469. The smallest absolute Gasteiger partial charge is 0.294 e. The number of hydrogen-bond acceptors (Lipinski definition) is 4. The topological polar surface area (TPSA) is 75.7 Å². The van der Waals surface area contributed by atoms with E-state index in [-0.39, 0.29) is 11.4 Å². The zero-order chi connectivity index (χ0) is 13.0. The summed E-state index contributed by atoms with van der Waals surface area (Å²) in [5.74, 6) is 0.165. The van der Waals surface area contributed by atoms with Gasteiger partial charge in [-0.1, -0.05) is 12.1 Å². The first-order valence-corrected chi connectivity index (χ1v) is 5.23. The first-order valence-electron chi connectivity index (χ1n) is 5.23. The standard InChI is InChI=1S/C13H10N2O3/c16-11-7-5-10(6-8-11)9-14-12-3-1-2-4-13(12)15(17)18/h1-9,16H. The molecule has 0 aromatic heterocycles. The molecule has 0 amide bonds. The van der Waals surface area contributed by atoms with Crippen LogP contribution in [0.2, 0.25) is 0 Å². The lowest BCUT2D eigenvalue weighted by atomic mass is 10.2. The van der Waals surface area contributed by atoms with Gasteiger partial charge in [-0.15, -0.1) is 0 Å². The van der Waals surface area contributed by atoms with Gasteiger partial charge < -0.3 is 5.11 Å². The van der Waals surface area contributed by atoms with Gasteiger partial charge in [0.2, 0.25) is 0 Å². The Hall–Kier alpha value is -2.69. The highest BCUT2D eigenvalue weighted by molar-refractivity contribution is 5.83. The highest BCUT2D eigenvalue weighted by Gasteiger charge is 2.10. The van der Waals surface area contributed by atoms with E-state index in [1.807, 2.05) is 0 Å². The first-order chi connectivity index (χ1) is 8.66. The fraction of sp³-hybridized carbons (Fsp3) is 0. The highest BCUT2D eigenvalue weighted by Crippen LogP contribution is 2.26. The van der Waals surface area contributed by atoms with Crippen LogP contribution in [0.1, 0.15) is 5.56 Å². The largest absolute Gasteiger partial charge is 0.508 e.